The van der Waals surface area contributed by atoms with Crippen molar-refractivity contribution in [1.29, 1.82) is 0 Å². The van der Waals surface area contributed by atoms with Gasteiger partial charge in [-0.3, -0.25) is 9.78 Å². The second-order valence-corrected chi connectivity index (χ2v) is 7.24. The van der Waals surface area contributed by atoms with Gasteiger partial charge >= 0.3 is 0 Å². The predicted octanol–water partition coefficient (Wildman–Crippen LogP) is 4.44. The summed E-state index contributed by atoms with van der Waals surface area (Å²) in [5, 5.41) is 4.28. The summed E-state index contributed by atoms with van der Waals surface area (Å²) >= 11 is 0. The first kappa shape index (κ1) is 18.2. The minimum Gasteiger partial charge on any atom is -0.361 e. The SMILES string of the molecule is CC(C)C[C@@H](CC(=O)NCCc1ccccn1)c1c[nH]c2ccccc12. The Morgan fingerprint density at radius 1 is 1.15 bits per heavy atom. The zero-order valence-corrected chi connectivity index (χ0v) is 15.5. The lowest BCUT2D eigenvalue weighted by atomic mass is 9.87. The summed E-state index contributed by atoms with van der Waals surface area (Å²) in [5.41, 5.74) is 3.38. The number of rotatable bonds is 8. The van der Waals surface area contributed by atoms with Gasteiger partial charge in [0, 0.05) is 48.4 Å². The highest BCUT2D eigenvalue weighted by Gasteiger charge is 2.20. The van der Waals surface area contributed by atoms with E-state index in [4.69, 9.17) is 0 Å². The number of pyridine rings is 1. The van der Waals surface area contributed by atoms with Gasteiger partial charge in [-0.15, -0.1) is 0 Å². The van der Waals surface area contributed by atoms with E-state index in [1.54, 1.807) is 6.20 Å². The highest BCUT2D eigenvalue weighted by Crippen LogP contribution is 2.32. The number of fused-ring (bicyclic) bond motifs is 1. The van der Waals surface area contributed by atoms with Gasteiger partial charge in [-0.05, 0) is 42.0 Å². The molecular weight excluding hydrogens is 322 g/mol. The molecule has 2 N–H and O–H groups in total. The van der Waals surface area contributed by atoms with Crippen molar-refractivity contribution in [2.24, 2.45) is 5.92 Å². The highest BCUT2D eigenvalue weighted by molar-refractivity contribution is 5.85. The number of H-pyrrole nitrogens is 1. The fourth-order valence-corrected chi connectivity index (χ4v) is 3.49. The first-order valence-electron chi connectivity index (χ1n) is 9.36. The summed E-state index contributed by atoms with van der Waals surface area (Å²) in [6.07, 6.45) is 6.12. The number of amides is 1. The van der Waals surface area contributed by atoms with Crippen molar-refractivity contribution in [2.75, 3.05) is 6.54 Å². The van der Waals surface area contributed by atoms with E-state index in [9.17, 15) is 4.79 Å². The molecule has 0 saturated carbocycles. The summed E-state index contributed by atoms with van der Waals surface area (Å²) in [5.74, 6) is 0.868. The highest BCUT2D eigenvalue weighted by atomic mass is 16.1. The van der Waals surface area contributed by atoms with Crippen LogP contribution in [0.2, 0.25) is 0 Å². The van der Waals surface area contributed by atoms with Gasteiger partial charge in [0.05, 0.1) is 0 Å². The van der Waals surface area contributed by atoms with Crippen LogP contribution in [-0.4, -0.2) is 22.4 Å². The molecule has 136 valence electrons. The number of carbonyl (C=O) groups is 1. The molecule has 0 unspecified atom stereocenters. The maximum Gasteiger partial charge on any atom is 0.220 e. The average Bonchev–Trinajstić information content (AvgIpc) is 3.06. The fraction of sp³-hybridized carbons (Fsp3) is 0.364. The molecule has 3 aromatic rings. The van der Waals surface area contributed by atoms with Gasteiger partial charge in [-0.2, -0.15) is 0 Å². The van der Waals surface area contributed by atoms with Gasteiger partial charge in [-0.25, -0.2) is 0 Å². The van der Waals surface area contributed by atoms with Crippen molar-refractivity contribution in [3.63, 3.8) is 0 Å². The Balaban J connectivity index is 1.63. The lowest BCUT2D eigenvalue weighted by Gasteiger charge is -2.18. The van der Waals surface area contributed by atoms with Gasteiger partial charge in [0.25, 0.3) is 0 Å². The summed E-state index contributed by atoms with van der Waals surface area (Å²) in [6.45, 7) is 5.04. The van der Waals surface area contributed by atoms with Crippen molar-refractivity contribution in [3.05, 3.63) is 66.1 Å². The average molecular weight is 349 g/mol. The number of nitrogens with one attached hydrogen (secondary N) is 2. The van der Waals surface area contributed by atoms with Gasteiger partial charge in [-0.1, -0.05) is 38.1 Å². The third kappa shape index (κ3) is 4.72. The van der Waals surface area contributed by atoms with Crippen LogP contribution < -0.4 is 5.32 Å². The molecule has 3 rings (SSSR count). The van der Waals surface area contributed by atoms with Crippen LogP contribution >= 0.6 is 0 Å². The van der Waals surface area contributed by atoms with E-state index in [1.807, 2.05) is 24.3 Å². The summed E-state index contributed by atoms with van der Waals surface area (Å²) < 4.78 is 0. The Kier molecular flexibility index (Phi) is 6.05. The van der Waals surface area contributed by atoms with Gasteiger partial charge in [0.1, 0.15) is 0 Å². The van der Waals surface area contributed by atoms with Crippen molar-refractivity contribution in [3.8, 4) is 0 Å². The third-order valence-corrected chi connectivity index (χ3v) is 4.68. The summed E-state index contributed by atoms with van der Waals surface area (Å²) in [7, 11) is 0. The maximum absolute atomic E-state index is 12.5. The first-order valence-corrected chi connectivity index (χ1v) is 9.36. The molecule has 0 aliphatic carbocycles. The van der Waals surface area contributed by atoms with Crippen LogP contribution in [0.3, 0.4) is 0 Å². The van der Waals surface area contributed by atoms with E-state index in [1.165, 1.54) is 10.9 Å². The molecule has 0 saturated heterocycles. The number of hydrogen-bond acceptors (Lipinski definition) is 2. The van der Waals surface area contributed by atoms with Crippen molar-refractivity contribution >= 4 is 16.8 Å². The van der Waals surface area contributed by atoms with Crippen LogP contribution in [0.4, 0.5) is 0 Å². The van der Waals surface area contributed by atoms with Gasteiger partial charge < -0.3 is 10.3 Å². The summed E-state index contributed by atoms with van der Waals surface area (Å²) in [4.78, 5) is 20.1. The molecule has 1 amide bonds. The quantitative estimate of drug-likeness (QED) is 0.631. The lowest BCUT2D eigenvalue weighted by Crippen LogP contribution is -2.27. The Labute approximate surface area is 155 Å². The van der Waals surface area contributed by atoms with Crippen LogP contribution in [0, 0.1) is 5.92 Å². The zero-order chi connectivity index (χ0) is 18.4. The Hall–Kier alpha value is -2.62. The lowest BCUT2D eigenvalue weighted by molar-refractivity contribution is -0.121. The predicted molar refractivity (Wildman–Crippen MR) is 106 cm³/mol. The van der Waals surface area contributed by atoms with Crippen molar-refractivity contribution < 1.29 is 4.79 Å². The molecular formula is C22H27N3O. The van der Waals surface area contributed by atoms with Gasteiger partial charge in [0.2, 0.25) is 5.91 Å². The maximum atomic E-state index is 12.5. The molecule has 0 spiro atoms. The van der Waals surface area contributed by atoms with Crippen molar-refractivity contribution in [2.45, 2.75) is 39.0 Å². The Morgan fingerprint density at radius 2 is 1.96 bits per heavy atom. The zero-order valence-electron chi connectivity index (χ0n) is 15.5. The molecule has 0 fully saturated rings. The van der Waals surface area contributed by atoms with E-state index in [0.29, 0.717) is 18.9 Å². The van der Waals surface area contributed by atoms with Crippen LogP contribution in [0.25, 0.3) is 10.9 Å². The van der Waals surface area contributed by atoms with E-state index in [0.717, 1.165) is 24.1 Å². The number of nitrogens with zero attached hydrogens (tertiary/aromatic N) is 1. The largest absolute Gasteiger partial charge is 0.361 e. The molecule has 4 nitrogen and oxygen atoms in total. The van der Waals surface area contributed by atoms with E-state index in [2.05, 4.69) is 53.5 Å². The molecule has 1 atom stereocenters. The monoisotopic (exact) mass is 349 g/mol. The second-order valence-electron chi connectivity index (χ2n) is 7.24. The number of aromatic nitrogens is 2. The number of para-hydroxylation sites is 1. The molecule has 2 heterocycles. The molecule has 4 heteroatoms. The van der Waals surface area contributed by atoms with Crippen LogP contribution in [0.5, 0.6) is 0 Å². The van der Waals surface area contributed by atoms with Gasteiger partial charge in [0.15, 0.2) is 0 Å². The smallest absolute Gasteiger partial charge is 0.220 e. The molecule has 1 aromatic carbocycles. The molecule has 0 aliphatic heterocycles. The number of hydrogen-bond donors (Lipinski definition) is 2. The Bertz CT molecular complexity index is 839. The van der Waals surface area contributed by atoms with Crippen molar-refractivity contribution in [1.82, 2.24) is 15.3 Å². The van der Waals surface area contributed by atoms with Crippen LogP contribution in [-0.2, 0) is 11.2 Å². The molecule has 0 radical (unpaired) electrons. The molecule has 0 aliphatic rings. The van der Waals surface area contributed by atoms with E-state index in [-0.39, 0.29) is 11.8 Å². The fourth-order valence-electron chi connectivity index (χ4n) is 3.49. The minimum absolute atomic E-state index is 0.108. The van der Waals surface area contributed by atoms with E-state index < -0.39 is 0 Å². The normalized spacial score (nSPS) is 12.4. The number of benzene rings is 1. The number of aromatic amines is 1. The molecule has 2 aromatic heterocycles. The van der Waals surface area contributed by atoms with Crippen LogP contribution in [0.1, 0.15) is 43.9 Å². The number of carbonyl (C=O) groups excluding carboxylic acids is 1. The summed E-state index contributed by atoms with van der Waals surface area (Å²) in [6, 6.07) is 14.2. The van der Waals surface area contributed by atoms with E-state index >= 15 is 0 Å². The first-order chi connectivity index (χ1) is 12.6. The second kappa shape index (κ2) is 8.65. The molecule has 0 bridgehead atoms. The standard InChI is InChI=1S/C22H27N3O/c1-16(2)13-17(20-15-25-21-9-4-3-8-19(20)21)14-22(26)24-12-10-18-7-5-6-11-23-18/h3-9,11,15-17,25H,10,12-14H2,1-2H3,(H,24,26)/t17-/m0/s1. The Morgan fingerprint density at radius 3 is 2.73 bits per heavy atom. The topological polar surface area (TPSA) is 57.8 Å². The molecule has 26 heavy (non-hydrogen) atoms. The third-order valence-electron chi connectivity index (χ3n) is 4.68. The minimum atomic E-state index is 0.108. The van der Waals surface area contributed by atoms with Crippen LogP contribution in [0.15, 0.2) is 54.9 Å².